The van der Waals surface area contributed by atoms with E-state index in [4.69, 9.17) is 5.73 Å². The molecule has 1 fully saturated rings. The maximum absolute atomic E-state index is 10.6. The first kappa shape index (κ1) is 10.5. The van der Waals surface area contributed by atoms with Crippen molar-refractivity contribution < 1.29 is 4.79 Å². The minimum atomic E-state index is -0.195. The van der Waals surface area contributed by atoms with Gasteiger partial charge in [0.25, 0.3) is 0 Å². The molecule has 1 aliphatic rings. The predicted octanol–water partition coefficient (Wildman–Crippen LogP) is 0.838. The minimum absolute atomic E-state index is 0.195. The molecule has 0 aliphatic carbocycles. The number of nitrogens with zero attached hydrogens (tertiary/aromatic N) is 1. The fourth-order valence-electron chi connectivity index (χ4n) is 2.06. The summed E-state index contributed by atoms with van der Waals surface area (Å²) in [7, 11) is 0. The van der Waals surface area contributed by atoms with Gasteiger partial charge in [-0.2, -0.15) is 0 Å². The quantitative estimate of drug-likeness (QED) is 0.706. The molecule has 1 heterocycles. The van der Waals surface area contributed by atoms with E-state index in [9.17, 15) is 4.79 Å². The summed E-state index contributed by atoms with van der Waals surface area (Å²) in [5, 5.41) is 0. The van der Waals surface area contributed by atoms with E-state index in [1.54, 1.807) is 0 Å². The van der Waals surface area contributed by atoms with Crippen LogP contribution in [0, 0.1) is 11.8 Å². The molecule has 3 unspecified atom stereocenters. The van der Waals surface area contributed by atoms with E-state index in [2.05, 4.69) is 25.7 Å². The summed E-state index contributed by atoms with van der Waals surface area (Å²) >= 11 is 0. The van der Waals surface area contributed by atoms with Crippen molar-refractivity contribution in [3.63, 3.8) is 0 Å². The molecule has 0 aromatic rings. The Morgan fingerprint density at radius 1 is 1.46 bits per heavy atom. The second kappa shape index (κ2) is 4.09. The van der Waals surface area contributed by atoms with Crippen LogP contribution in [0.4, 0.5) is 0 Å². The van der Waals surface area contributed by atoms with Gasteiger partial charge in [0.2, 0.25) is 5.91 Å². The van der Waals surface area contributed by atoms with Gasteiger partial charge in [0.05, 0.1) is 0 Å². The van der Waals surface area contributed by atoms with Crippen molar-refractivity contribution in [3.05, 3.63) is 0 Å². The number of likely N-dealkylation sites (tertiary alicyclic amines) is 1. The highest BCUT2D eigenvalue weighted by Gasteiger charge is 2.32. The van der Waals surface area contributed by atoms with Crippen LogP contribution in [-0.4, -0.2) is 29.9 Å². The molecule has 0 radical (unpaired) electrons. The van der Waals surface area contributed by atoms with Crippen LogP contribution < -0.4 is 5.73 Å². The second-order valence-electron chi connectivity index (χ2n) is 4.29. The van der Waals surface area contributed by atoms with Gasteiger partial charge in [-0.1, -0.05) is 13.8 Å². The van der Waals surface area contributed by atoms with Gasteiger partial charge in [-0.3, -0.25) is 9.69 Å². The summed E-state index contributed by atoms with van der Waals surface area (Å²) in [6.45, 7) is 8.71. The first-order valence-electron chi connectivity index (χ1n) is 5.04. The smallest absolute Gasteiger partial charge is 0.218 e. The van der Waals surface area contributed by atoms with Gasteiger partial charge in [0, 0.05) is 25.6 Å². The van der Waals surface area contributed by atoms with E-state index in [1.807, 2.05) is 0 Å². The molecule has 3 atom stereocenters. The van der Waals surface area contributed by atoms with E-state index < -0.39 is 0 Å². The third kappa shape index (κ3) is 2.44. The molecule has 1 saturated heterocycles. The minimum Gasteiger partial charge on any atom is -0.370 e. The predicted molar refractivity (Wildman–Crippen MR) is 53.2 cm³/mol. The third-order valence-corrected chi connectivity index (χ3v) is 3.40. The standard InChI is InChI=1S/C10H20N2O/c1-7-6-12(5-4-10(11)13)9(3)8(7)2/h7-9H,4-6H2,1-3H3,(H2,11,13). The Morgan fingerprint density at radius 2 is 2.08 bits per heavy atom. The van der Waals surface area contributed by atoms with Crippen LogP contribution in [0.5, 0.6) is 0 Å². The Labute approximate surface area is 80.3 Å². The molecule has 0 aromatic heterocycles. The molecule has 76 valence electrons. The number of hydrogen-bond acceptors (Lipinski definition) is 2. The van der Waals surface area contributed by atoms with Crippen LogP contribution in [-0.2, 0) is 4.79 Å². The number of nitrogens with two attached hydrogens (primary N) is 1. The topological polar surface area (TPSA) is 46.3 Å². The fourth-order valence-corrected chi connectivity index (χ4v) is 2.06. The highest BCUT2D eigenvalue weighted by Crippen LogP contribution is 2.28. The maximum Gasteiger partial charge on any atom is 0.218 e. The van der Waals surface area contributed by atoms with Gasteiger partial charge in [-0.15, -0.1) is 0 Å². The van der Waals surface area contributed by atoms with Crippen LogP contribution in [0.3, 0.4) is 0 Å². The van der Waals surface area contributed by atoms with Crippen molar-refractivity contribution in [3.8, 4) is 0 Å². The van der Waals surface area contributed by atoms with Gasteiger partial charge in [-0.05, 0) is 18.8 Å². The molecule has 1 rings (SSSR count). The lowest BCUT2D eigenvalue weighted by Crippen LogP contribution is -2.32. The molecule has 0 spiro atoms. The number of hydrogen-bond donors (Lipinski definition) is 1. The van der Waals surface area contributed by atoms with Crippen molar-refractivity contribution in [2.75, 3.05) is 13.1 Å². The van der Waals surface area contributed by atoms with Crippen molar-refractivity contribution in [2.24, 2.45) is 17.6 Å². The Morgan fingerprint density at radius 3 is 2.46 bits per heavy atom. The fraction of sp³-hybridized carbons (Fsp3) is 0.900. The molecule has 2 N–H and O–H groups in total. The molecule has 3 nitrogen and oxygen atoms in total. The number of amides is 1. The summed E-state index contributed by atoms with van der Waals surface area (Å²) in [6.07, 6.45) is 0.490. The van der Waals surface area contributed by atoms with Crippen LogP contribution in [0.15, 0.2) is 0 Å². The lowest BCUT2D eigenvalue weighted by molar-refractivity contribution is -0.118. The Bertz CT molecular complexity index is 193. The molecule has 1 aliphatic heterocycles. The zero-order chi connectivity index (χ0) is 10.0. The van der Waals surface area contributed by atoms with E-state index in [-0.39, 0.29) is 5.91 Å². The average molecular weight is 184 g/mol. The second-order valence-corrected chi connectivity index (χ2v) is 4.29. The van der Waals surface area contributed by atoms with Crippen LogP contribution in [0.1, 0.15) is 27.2 Å². The summed E-state index contributed by atoms with van der Waals surface area (Å²) in [5.41, 5.74) is 5.12. The normalized spacial score (nSPS) is 35.2. The van der Waals surface area contributed by atoms with Gasteiger partial charge in [0.15, 0.2) is 0 Å². The Hall–Kier alpha value is -0.570. The van der Waals surface area contributed by atoms with Crippen molar-refractivity contribution in [1.82, 2.24) is 4.90 Å². The zero-order valence-corrected chi connectivity index (χ0v) is 8.79. The lowest BCUT2D eigenvalue weighted by Gasteiger charge is -2.22. The SMILES string of the molecule is CC1CN(CCC(N)=O)C(C)C1C. The van der Waals surface area contributed by atoms with Gasteiger partial charge >= 0.3 is 0 Å². The number of primary amides is 1. The maximum atomic E-state index is 10.6. The van der Waals surface area contributed by atoms with Crippen LogP contribution >= 0.6 is 0 Å². The Kier molecular flexibility index (Phi) is 3.31. The summed E-state index contributed by atoms with van der Waals surface area (Å²) in [6, 6.07) is 0.592. The highest BCUT2D eigenvalue weighted by atomic mass is 16.1. The third-order valence-electron chi connectivity index (χ3n) is 3.40. The molecule has 0 saturated carbocycles. The van der Waals surface area contributed by atoms with E-state index in [0.29, 0.717) is 12.5 Å². The summed E-state index contributed by atoms with van der Waals surface area (Å²) in [5.74, 6) is 1.27. The van der Waals surface area contributed by atoms with Crippen molar-refractivity contribution in [2.45, 2.75) is 33.2 Å². The van der Waals surface area contributed by atoms with E-state index in [0.717, 1.165) is 24.9 Å². The molecular weight excluding hydrogens is 164 g/mol. The molecule has 13 heavy (non-hydrogen) atoms. The van der Waals surface area contributed by atoms with Crippen LogP contribution in [0.25, 0.3) is 0 Å². The van der Waals surface area contributed by atoms with Crippen molar-refractivity contribution in [1.29, 1.82) is 0 Å². The first-order chi connectivity index (χ1) is 6.02. The number of rotatable bonds is 3. The number of carbonyl (C=O) groups is 1. The van der Waals surface area contributed by atoms with Crippen molar-refractivity contribution >= 4 is 5.91 Å². The van der Waals surface area contributed by atoms with E-state index >= 15 is 0 Å². The van der Waals surface area contributed by atoms with Gasteiger partial charge < -0.3 is 5.73 Å². The zero-order valence-electron chi connectivity index (χ0n) is 8.79. The highest BCUT2D eigenvalue weighted by molar-refractivity contribution is 5.73. The Balaban J connectivity index is 2.40. The molecule has 0 bridgehead atoms. The largest absolute Gasteiger partial charge is 0.370 e. The summed E-state index contributed by atoms with van der Waals surface area (Å²) in [4.78, 5) is 13.0. The molecule has 3 heteroatoms. The monoisotopic (exact) mass is 184 g/mol. The van der Waals surface area contributed by atoms with Gasteiger partial charge in [-0.25, -0.2) is 0 Å². The number of carbonyl (C=O) groups excluding carboxylic acids is 1. The average Bonchev–Trinajstić information content (AvgIpc) is 2.29. The first-order valence-corrected chi connectivity index (χ1v) is 5.04. The molecular formula is C10H20N2O. The lowest BCUT2D eigenvalue weighted by atomic mass is 9.95. The van der Waals surface area contributed by atoms with Crippen LogP contribution in [0.2, 0.25) is 0 Å². The van der Waals surface area contributed by atoms with E-state index in [1.165, 1.54) is 0 Å². The summed E-state index contributed by atoms with van der Waals surface area (Å²) < 4.78 is 0. The van der Waals surface area contributed by atoms with Gasteiger partial charge in [0.1, 0.15) is 0 Å². The molecule has 0 aromatic carbocycles. The molecule has 1 amide bonds.